The topological polar surface area (TPSA) is 98.0 Å². The number of aromatic nitrogens is 1. The third-order valence-electron chi connectivity index (χ3n) is 6.96. The van der Waals surface area contributed by atoms with Crippen molar-refractivity contribution in [3.63, 3.8) is 0 Å². The van der Waals surface area contributed by atoms with Crippen LogP contribution < -0.4 is 9.47 Å². The Labute approximate surface area is 244 Å². The van der Waals surface area contributed by atoms with Gasteiger partial charge in [-0.05, 0) is 91.4 Å². The molecular formula is C34H34FNO6. The fourth-order valence-corrected chi connectivity index (χ4v) is 4.86. The zero-order valence-electron chi connectivity index (χ0n) is 23.7. The third kappa shape index (κ3) is 7.66. The molecule has 0 aliphatic carbocycles. The standard InChI is InChI=1S/C34H34FNO6/c1-23-8-3-4-10-30(23)42-21-6-5-20-41-27-17-13-25(14-18-27)12-15-26-16-19-29(35)33-28(9-7-11-31(37)38)24(2)36(34(26)33)22-32(39)40/h3-6,8,10,12-19H,7,9,11,20-22H2,1-2H3,(H,37,38)(H,39,40). The highest BCUT2D eigenvalue weighted by atomic mass is 19.1. The number of carbonyl (C=O) groups is 2. The number of carboxylic acid groups (broad SMARTS) is 2. The molecule has 0 aliphatic rings. The molecule has 2 N–H and O–H groups in total. The van der Waals surface area contributed by atoms with E-state index in [-0.39, 0.29) is 13.0 Å². The quantitative estimate of drug-likeness (QED) is 0.124. The fraction of sp³-hybridized carbons (Fsp3) is 0.235. The lowest BCUT2D eigenvalue weighted by Crippen LogP contribution is -2.10. The van der Waals surface area contributed by atoms with Gasteiger partial charge in [0.2, 0.25) is 0 Å². The van der Waals surface area contributed by atoms with Crippen LogP contribution in [0.2, 0.25) is 0 Å². The van der Waals surface area contributed by atoms with Crippen molar-refractivity contribution in [2.75, 3.05) is 13.2 Å². The van der Waals surface area contributed by atoms with E-state index in [1.807, 2.05) is 79.8 Å². The van der Waals surface area contributed by atoms with Crippen molar-refractivity contribution in [1.29, 1.82) is 0 Å². The van der Waals surface area contributed by atoms with Gasteiger partial charge in [0.15, 0.2) is 0 Å². The van der Waals surface area contributed by atoms with Gasteiger partial charge in [-0.25, -0.2) is 4.39 Å². The summed E-state index contributed by atoms with van der Waals surface area (Å²) in [6.45, 7) is 4.27. The minimum atomic E-state index is -1.05. The molecule has 0 fully saturated rings. The Morgan fingerprint density at radius 3 is 2.29 bits per heavy atom. The average molecular weight is 572 g/mol. The van der Waals surface area contributed by atoms with E-state index in [1.54, 1.807) is 17.6 Å². The Bertz CT molecular complexity index is 1620. The molecule has 7 nitrogen and oxygen atoms in total. The van der Waals surface area contributed by atoms with E-state index in [9.17, 15) is 14.7 Å². The van der Waals surface area contributed by atoms with E-state index < -0.39 is 17.8 Å². The summed E-state index contributed by atoms with van der Waals surface area (Å²) in [6, 6.07) is 18.4. The van der Waals surface area contributed by atoms with Gasteiger partial charge < -0.3 is 24.3 Å². The molecule has 218 valence electrons. The Balaban J connectivity index is 1.45. The molecule has 1 heterocycles. The molecule has 0 aliphatic heterocycles. The summed E-state index contributed by atoms with van der Waals surface area (Å²) < 4.78 is 28.2. The number of carboxylic acids is 2. The Morgan fingerprint density at radius 2 is 1.60 bits per heavy atom. The number of halogens is 1. The fourth-order valence-electron chi connectivity index (χ4n) is 4.86. The van der Waals surface area contributed by atoms with Crippen molar-refractivity contribution < 1.29 is 33.7 Å². The molecular weight excluding hydrogens is 537 g/mol. The van der Waals surface area contributed by atoms with Gasteiger partial charge in [-0.1, -0.05) is 42.5 Å². The molecule has 0 unspecified atom stereocenters. The predicted molar refractivity (Wildman–Crippen MR) is 162 cm³/mol. The first-order valence-corrected chi connectivity index (χ1v) is 13.7. The van der Waals surface area contributed by atoms with Gasteiger partial charge in [0.1, 0.15) is 37.1 Å². The third-order valence-corrected chi connectivity index (χ3v) is 6.96. The molecule has 0 spiro atoms. The maximum Gasteiger partial charge on any atom is 0.323 e. The first-order chi connectivity index (χ1) is 20.2. The lowest BCUT2D eigenvalue weighted by atomic mass is 10.0. The van der Waals surface area contributed by atoms with Crippen LogP contribution in [0.15, 0.2) is 72.8 Å². The van der Waals surface area contributed by atoms with E-state index in [4.69, 9.17) is 14.6 Å². The van der Waals surface area contributed by atoms with Crippen LogP contribution in [0.5, 0.6) is 11.5 Å². The van der Waals surface area contributed by atoms with Crippen molar-refractivity contribution in [1.82, 2.24) is 4.57 Å². The van der Waals surface area contributed by atoms with Crippen molar-refractivity contribution >= 4 is 35.0 Å². The number of nitrogens with zero attached hydrogens (tertiary/aromatic N) is 1. The highest BCUT2D eigenvalue weighted by Crippen LogP contribution is 2.33. The Morgan fingerprint density at radius 1 is 0.881 bits per heavy atom. The number of aryl methyl sites for hydroxylation is 2. The van der Waals surface area contributed by atoms with E-state index >= 15 is 4.39 Å². The molecule has 0 amide bonds. The molecule has 0 atom stereocenters. The van der Waals surface area contributed by atoms with Crippen LogP contribution >= 0.6 is 0 Å². The molecule has 42 heavy (non-hydrogen) atoms. The van der Waals surface area contributed by atoms with Crippen molar-refractivity contribution in [2.45, 2.75) is 39.7 Å². The smallest absolute Gasteiger partial charge is 0.323 e. The zero-order chi connectivity index (χ0) is 30.1. The summed E-state index contributed by atoms with van der Waals surface area (Å²) in [4.78, 5) is 22.7. The Kier molecular flexibility index (Phi) is 10.2. The van der Waals surface area contributed by atoms with E-state index in [0.717, 1.165) is 16.9 Å². The van der Waals surface area contributed by atoms with Crippen LogP contribution in [0.3, 0.4) is 0 Å². The van der Waals surface area contributed by atoms with Crippen LogP contribution in [-0.4, -0.2) is 39.9 Å². The van der Waals surface area contributed by atoms with Gasteiger partial charge >= 0.3 is 11.9 Å². The highest BCUT2D eigenvalue weighted by Gasteiger charge is 2.21. The summed E-state index contributed by atoms with van der Waals surface area (Å²) in [6.07, 6.45) is 8.12. The number of benzene rings is 3. The van der Waals surface area contributed by atoms with E-state index in [1.165, 1.54) is 6.07 Å². The minimum absolute atomic E-state index is 0.0509. The minimum Gasteiger partial charge on any atom is -0.490 e. The van der Waals surface area contributed by atoms with Gasteiger partial charge in [-0.3, -0.25) is 9.59 Å². The summed E-state index contributed by atoms with van der Waals surface area (Å²) >= 11 is 0. The normalized spacial score (nSPS) is 11.5. The van der Waals surface area contributed by atoms with Gasteiger partial charge in [-0.15, -0.1) is 0 Å². The first kappa shape index (κ1) is 30.1. The summed E-state index contributed by atoms with van der Waals surface area (Å²) in [5.41, 5.74) is 4.37. The molecule has 0 radical (unpaired) electrons. The second-order valence-electron chi connectivity index (χ2n) is 9.91. The molecule has 0 saturated heterocycles. The molecule has 8 heteroatoms. The van der Waals surface area contributed by atoms with Crippen molar-refractivity contribution in [2.24, 2.45) is 0 Å². The summed E-state index contributed by atoms with van der Waals surface area (Å²) in [7, 11) is 0. The highest BCUT2D eigenvalue weighted by molar-refractivity contribution is 5.95. The second-order valence-corrected chi connectivity index (χ2v) is 9.91. The number of hydrogen-bond donors (Lipinski definition) is 2. The average Bonchev–Trinajstić information content (AvgIpc) is 3.23. The van der Waals surface area contributed by atoms with Crippen LogP contribution in [0.25, 0.3) is 23.1 Å². The zero-order valence-corrected chi connectivity index (χ0v) is 23.7. The largest absolute Gasteiger partial charge is 0.490 e. The van der Waals surface area contributed by atoms with Gasteiger partial charge in [0.25, 0.3) is 0 Å². The number of fused-ring (bicyclic) bond motifs is 1. The molecule has 1 aromatic heterocycles. The van der Waals surface area contributed by atoms with Crippen molar-refractivity contribution in [3.8, 4) is 11.5 Å². The van der Waals surface area contributed by atoms with E-state index in [2.05, 4.69) is 0 Å². The summed E-state index contributed by atoms with van der Waals surface area (Å²) in [5, 5.41) is 18.9. The lowest BCUT2D eigenvalue weighted by Gasteiger charge is -2.08. The number of rotatable bonds is 14. The van der Waals surface area contributed by atoms with Crippen LogP contribution in [0.1, 0.15) is 40.8 Å². The maximum absolute atomic E-state index is 15.1. The van der Waals surface area contributed by atoms with Crippen molar-refractivity contribution in [3.05, 3.63) is 107 Å². The van der Waals surface area contributed by atoms with Gasteiger partial charge in [0.05, 0.1) is 5.52 Å². The predicted octanol–water partition coefficient (Wildman–Crippen LogP) is 7.07. The van der Waals surface area contributed by atoms with Crippen LogP contribution in [-0.2, 0) is 22.6 Å². The number of hydrogen-bond acceptors (Lipinski definition) is 4. The number of ether oxygens (including phenoxy) is 2. The van der Waals surface area contributed by atoms with E-state index in [0.29, 0.717) is 59.5 Å². The molecule has 4 rings (SSSR count). The molecule has 0 bridgehead atoms. The number of para-hydroxylation sites is 1. The lowest BCUT2D eigenvalue weighted by molar-refractivity contribution is -0.138. The van der Waals surface area contributed by atoms with Gasteiger partial charge in [0, 0.05) is 17.5 Å². The molecule has 3 aromatic carbocycles. The first-order valence-electron chi connectivity index (χ1n) is 13.7. The Hall–Kier alpha value is -4.85. The molecule has 0 saturated carbocycles. The van der Waals surface area contributed by atoms with Crippen LogP contribution in [0, 0.1) is 19.7 Å². The van der Waals surface area contributed by atoms with Gasteiger partial charge in [-0.2, -0.15) is 0 Å². The monoisotopic (exact) mass is 571 g/mol. The van der Waals surface area contributed by atoms with Crippen LogP contribution in [0.4, 0.5) is 4.39 Å². The second kappa shape index (κ2) is 14.2. The SMILES string of the molecule is Cc1ccccc1OCC=CCOc1ccc(C=Cc2ccc(F)c3c(CCCC(=O)O)c(C)n(CC(=O)O)c23)cc1. The number of aliphatic carboxylic acids is 2. The molecule has 4 aromatic rings. The maximum atomic E-state index is 15.1. The summed E-state index contributed by atoms with van der Waals surface area (Å²) in [5.74, 6) is -0.873.